The van der Waals surface area contributed by atoms with Crippen LogP contribution in [0.3, 0.4) is 0 Å². The number of rotatable bonds is 4. The molecule has 0 fully saturated rings. The van der Waals surface area contributed by atoms with Gasteiger partial charge in [0.05, 0.1) is 10.9 Å². The molecule has 1 amide bonds. The summed E-state index contributed by atoms with van der Waals surface area (Å²) < 4.78 is 1.96. The van der Waals surface area contributed by atoms with Crippen molar-refractivity contribution in [2.45, 2.75) is 46.2 Å². The first kappa shape index (κ1) is 16.1. The van der Waals surface area contributed by atoms with E-state index in [-0.39, 0.29) is 29.0 Å². The predicted molar refractivity (Wildman–Crippen MR) is 90.2 cm³/mol. The normalized spacial score (nSPS) is 12.6. The van der Waals surface area contributed by atoms with E-state index in [1.54, 1.807) is 12.3 Å². The van der Waals surface area contributed by atoms with Gasteiger partial charge in [0.15, 0.2) is 0 Å². The van der Waals surface area contributed by atoms with E-state index in [9.17, 15) is 9.59 Å². The molecule has 1 aromatic carbocycles. The van der Waals surface area contributed by atoms with Crippen molar-refractivity contribution in [2.75, 3.05) is 5.73 Å². The number of anilines is 1. The number of nitrogen functional groups attached to an aromatic ring is 1. The number of fused-ring (bicyclic) bond motifs is 1. The lowest BCUT2D eigenvalue weighted by Crippen LogP contribution is -2.34. The van der Waals surface area contributed by atoms with Crippen LogP contribution in [0.15, 0.2) is 29.2 Å². The van der Waals surface area contributed by atoms with Crippen LogP contribution in [0.4, 0.5) is 5.69 Å². The molecular formula is C17H23N3O2. The summed E-state index contributed by atoms with van der Waals surface area (Å²) in [6, 6.07) is 5.51. The van der Waals surface area contributed by atoms with Crippen LogP contribution in [-0.4, -0.2) is 16.5 Å². The van der Waals surface area contributed by atoms with E-state index in [4.69, 9.17) is 5.73 Å². The molecule has 1 atom stereocenters. The maximum absolute atomic E-state index is 12.7. The van der Waals surface area contributed by atoms with Crippen LogP contribution in [0.25, 0.3) is 10.9 Å². The van der Waals surface area contributed by atoms with Gasteiger partial charge in [-0.25, -0.2) is 0 Å². The number of carbonyl (C=O) groups is 1. The molecule has 5 heteroatoms. The zero-order valence-corrected chi connectivity index (χ0v) is 13.5. The Morgan fingerprint density at radius 3 is 2.59 bits per heavy atom. The maximum Gasteiger partial charge on any atom is 0.256 e. The monoisotopic (exact) mass is 301 g/mol. The lowest BCUT2D eigenvalue weighted by atomic mass is 10.1. The number of carbonyl (C=O) groups excluding carboxylic acids is 1. The molecule has 5 nitrogen and oxygen atoms in total. The molecule has 2 aromatic rings. The number of hydrogen-bond donors (Lipinski definition) is 2. The van der Waals surface area contributed by atoms with Gasteiger partial charge in [0.1, 0.15) is 5.56 Å². The molecule has 0 aliphatic rings. The predicted octanol–water partition coefficient (Wildman–Crippen LogP) is 2.69. The maximum atomic E-state index is 12.7. The zero-order chi connectivity index (χ0) is 16.4. The number of amides is 1. The molecule has 1 unspecified atom stereocenters. The van der Waals surface area contributed by atoms with E-state index in [1.807, 2.05) is 30.5 Å². The average molecular weight is 301 g/mol. The highest BCUT2D eigenvalue weighted by molar-refractivity contribution is 6.00. The Balaban J connectivity index is 2.79. The molecule has 22 heavy (non-hydrogen) atoms. The third-order valence-electron chi connectivity index (χ3n) is 3.82. The molecule has 0 bridgehead atoms. The van der Waals surface area contributed by atoms with E-state index in [0.29, 0.717) is 11.1 Å². The molecule has 0 saturated carbocycles. The van der Waals surface area contributed by atoms with Crippen molar-refractivity contribution in [3.05, 3.63) is 40.2 Å². The summed E-state index contributed by atoms with van der Waals surface area (Å²) in [5, 5.41) is 3.19. The SMILES string of the molecule is CCC(C)n1cc(C(=O)NC(C)C)c(=O)c2c(N)cccc21. The Kier molecular flexibility index (Phi) is 4.54. The minimum Gasteiger partial charge on any atom is -0.398 e. The summed E-state index contributed by atoms with van der Waals surface area (Å²) in [5.41, 5.74) is 6.98. The first-order valence-electron chi connectivity index (χ1n) is 7.61. The Morgan fingerprint density at radius 1 is 1.32 bits per heavy atom. The second-order valence-electron chi connectivity index (χ2n) is 5.91. The van der Waals surface area contributed by atoms with Crippen LogP contribution in [0, 0.1) is 0 Å². The van der Waals surface area contributed by atoms with E-state index in [1.165, 1.54) is 0 Å². The van der Waals surface area contributed by atoms with Crippen molar-refractivity contribution >= 4 is 22.5 Å². The summed E-state index contributed by atoms with van der Waals surface area (Å²) in [6.45, 7) is 7.84. The lowest BCUT2D eigenvalue weighted by molar-refractivity contribution is 0.0941. The fraction of sp³-hybridized carbons (Fsp3) is 0.412. The molecule has 0 saturated heterocycles. The van der Waals surface area contributed by atoms with Gasteiger partial charge in [0.25, 0.3) is 5.91 Å². The number of hydrogen-bond acceptors (Lipinski definition) is 3. The van der Waals surface area contributed by atoms with Crippen molar-refractivity contribution in [2.24, 2.45) is 0 Å². The fourth-order valence-electron chi connectivity index (χ4n) is 2.49. The van der Waals surface area contributed by atoms with E-state index >= 15 is 0 Å². The van der Waals surface area contributed by atoms with E-state index in [2.05, 4.69) is 19.2 Å². The smallest absolute Gasteiger partial charge is 0.256 e. The summed E-state index contributed by atoms with van der Waals surface area (Å²) >= 11 is 0. The van der Waals surface area contributed by atoms with Crippen LogP contribution >= 0.6 is 0 Å². The Morgan fingerprint density at radius 2 is 2.00 bits per heavy atom. The first-order valence-corrected chi connectivity index (χ1v) is 7.61. The Hall–Kier alpha value is -2.30. The third-order valence-corrected chi connectivity index (χ3v) is 3.82. The molecular weight excluding hydrogens is 278 g/mol. The van der Waals surface area contributed by atoms with Crippen LogP contribution in [-0.2, 0) is 0 Å². The highest BCUT2D eigenvalue weighted by Crippen LogP contribution is 2.23. The van der Waals surface area contributed by atoms with Crippen molar-refractivity contribution in [3.63, 3.8) is 0 Å². The number of nitrogens with one attached hydrogen (secondary N) is 1. The topological polar surface area (TPSA) is 77.1 Å². The van der Waals surface area contributed by atoms with Crippen LogP contribution < -0.4 is 16.5 Å². The number of pyridine rings is 1. The fourth-order valence-corrected chi connectivity index (χ4v) is 2.49. The summed E-state index contributed by atoms with van der Waals surface area (Å²) in [7, 11) is 0. The molecule has 2 rings (SSSR count). The Bertz CT molecular complexity index is 762. The molecule has 1 heterocycles. The van der Waals surface area contributed by atoms with Gasteiger partial charge < -0.3 is 15.6 Å². The van der Waals surface area contributed by atoms with Crippen molar-refractivity contribution in [1.82, 2.24) is 9.88 Å². The number of nitrogens with two attached hydrogens (primary N) is 1. The first-order chi connectivity index (χ1) is 10.4. The second kappa shape index (κ2) is 6.22. The largest absolute Gasteiger partial charge is 0.398 e. The minimum absolute atomic E-state index is 0.0345. The van der Waals surface area contributed by atoms with Crippen molar-refractivity contribution in [1.29, 1.82) is 0 Å². The van der Waals surface area contributed by atoms with Crippen LogP contribution in [0.5, 0.6) is 0 Å². The number of aromatic nitrogens is 1. The van der Waals surface area contributed by atoms with Gasteiger partial charge in [0, 0.05) is 24.0 Å². The van der Waals surface area contributed by atoms with Crippen molar-refractivity contribution < 1.29 is 4.79 Å². The molecule has 3 N–H and O–H groups in total. The van der Waals surface area contributed by atoms with Gasteiger partial charge in [-0.3, -0.25) is 9.59 Å². The van der Waals surface area contributed by atoms with Gasteiger partial charge in [0.2, 0.25) is 5.43 Å². The molecule has 0 aliphatic heterocycles. The highest BCUT2D eigenvalue weighted by Gasteiger charge is 2.18. The van der Waals surface area contributed by atoms with Gasteiger partial charge in [-0.1, -0.05) is 13.0 Å². The minimum atomic E-state index is -0.359. The molecule has 0 radical (unpaired) electrons. The second-order valence-corrected chi connectivity index (χ2v) is 5.91. The summed E-state index contributed by atoms with van der Waals surface area (Å²) in [4.78, 5) is 25.0. The van der Waals surface area contributed by atoms with Crippen LogP contribution in [0.1, 0.15) is 50.5 Å². The molecule has 118 valence electrons. The van der Waals surface area contributed by atoms with Gasteiger partial charge in [-0.2, -0.15) is 0 Å². The van der Waals surface area contributed by atoms with E-state index < -0.39 is 0 Å². The number of nitrogens with zero attached hydrogens (tertiary/aromatic N) is 1. The average Bonchev–Trinajstić information content (AvgIpc) is 2.46. The number of benzene rings is 1. The third kappa shape index (κ3) is 2.84. The molecule has 1 aromatic heterocycles. The van der Waals surface area contributed by atoms with Crippen LogP contribution in [0.2, 0.25) is 0 Å². The molecule has 0 spiro atoms. The van der Waals surface area contributed by atoms with Gasteiger partial charge in [-0.15, -0.1) is 0 Å². The van der Waals surface area contributed by atoms with E-state index in [0.717, 1.165) is 11.9 Å². The lowest BCUT2D eigenvalue weighted by Gasteiger charge is -2.19. The standard InChI is InChI=1S/C17H23N3O2/c1-5-11(4)20-9-12(17(22)19-10(2)3)16(21)15-13(18)7-6-8-14(15)20/h6-11H,5,18H2,1-4H3,(H,19,22). The van der Waals surface area contributed by atoms with Gasteiger partial charge in [-0.05, 0) is 39.3 Å². The Labute approximate surface area is 130 Å². The van der Waals surface area contributed by atoms with Gasteiger partial charge >= 0.3 is 0 Å². The molecule has 0 aliphatic carbocycles. The quantitative estimate of drug-likeness (QED) is 0.852. The summed E-state index contributed by atoms with van der Waals surface area (Å²) in [5.74, 6) is -0.359. The zero-order valence-electron chi connectivity index (χ0n) is 13.5. The summed E-state index contributed by atoms with van der Waals surface area (Å²) in [6.07, 6.45) is 2.54. The van der Waals surface area contributed by atoms with Crippen molar-refractivity contribution in [3.8, 4) is 0 Å². The highest BCUT2D eigenvalue weighted by atomic mass is 16.2.